The minimum Gasteiger partial charge on any atom is -0.497 e. The van der Waals surface area contributed by atoms with Gasteiger partial charge in [0.15, 0.2) is 5.78 Å². The summed E-state index contributed by atoms with van der Waals surface area (Å²) in [5, 5.41) is 0. The number of ketones is 1. The molecule has 3 rings (SSSR count). The van der Waals surface area contributed by atoms with Crippen molar-refractivity contribution in [3.8, 4) is 28.5 Å². The van der Waals surface area contributed by atoms with Crippen LogP contribution in [0, 0.1) is 6.92 Å². The summed E-state index contributed by atoms with van der Waals surface area (Å²) in [4.78, 5) is 19.7. The maximum Gasteiger partial charge on any atom is 0.163 e. The highest BCUT2D eigenvalue weighted by atomic mass is 16.5. The summed E-state index contributed by atoms with van der Waals surface area (Å²) in [6.07, 6.45) is 1.81. The number of rotatable bonds is 14. The van der Waals surface area contributed by atoms with Gasteiger partial charge in [-0.05, 0) is 70.0 Å². The number of nitrogens with zero attached hydrogens (tertiary/aromatic N) is 2. The highest BCUT2D eigenvalue weighted by Crippen LogP contribution is 2.35. The van der Waals surface area contributed by atoms with Crippen LogP contribution in [0.15, 0.2) is 42.5 Å². The van der Waals surface area contributed by atoms with Crippen LogP contribution in [0.2, 0.25) is 0 Å². The molecule has 0 fully saturated rings. The van der Waals surface area contributed by atoms with E-state index in [-0.39, 0.29) is 18.5 Å². The lowest BCUT2D eigenvalue weighted by Gasteiger charge is -2.25. The molecule has 0 N–H and O–H groups in total. The van der Waals surface area contributed by atoms with Crippen LogP contribution in [0.25, 0.3) is 11.3 Å². The van der Waals surface area contributed by atoms with Gasteiger partial charge in [0.25, 0.3) is 0 Å². The molecule has 6 nitrogen and oxygen atoms in total. The molecular weight excluding hydrogens is 488 g/mol. The number of methoxy groups -OCH3 is 1. The van der Waals surface area contributed by atoms with Gasteiger partial charge in [0.1, 0.15) is 30.0 Å². The monoisotopic (exact) mass is 532 g/mol. The minimum atomic E-state index is -0.0644. The van der Waals surface area contributed by atoms with Crippen molar-refractivity contribution in [2.24, 2.45) is 0 Å². The highest BCUT2D eigenvalue weighted by Gasteiger charge is 2.20. The van der Waals surface area contributed by atoms with Gasteiger partial charge >= 0.3 is 0 Å². The lowest BCUT2D eigenvalue weighted by atomic mass is 9.94. The number of hydrogen-bond acceptors (Lipinski definition) is 6. The number of carbonyl (C=O) groups excluding carboxylic acids is 1. The molecule has 39 heavy (non-hydrogen) atoms. The average molecular weight is 533 g/mol. The number of hydrogen-bond donors (Lipinski definition) is 0. The van der Waals surface area contributed by atoms with E-state index in [1.54, 1.807) is 25.3 Å². The Bertz CT molecular complexity index is 1240. The zero-order chi connectivity index (χ0) is 28.5. The van der Waals surface area contributed by atoms with Crippen molar-refractivity contribution in [3.05, 3.63) is 70.4 Å². The Morgan fingerprint density at radius 1 is 0.974 bits per heavy atom. The molecule has 1 atom stereocenters. The molecule has 0 aliphatic carbocycles. The van der Waals surface area contributed by atoms with Gasteiger partial charge in [-0.2, -0.15) is 0 Å². The number of aromatic nitrogens is 1. The average Bonchev–Trinajstić information content (AvgIpc) is 2.94. The van der Waals surface area contributed by atoms with E-state index in [0.717, 1.165) is 55.2 Å². The van der Waals surface area contributed by atoms with Crippen LogP contribution in [0.4, 0.5) is 0 Å². The molecule has 1 heterocycles. The predicted molar refractivity (Wildman–Crippen MR) is 158 cm³/mol. The van der Waals surface area contributed by atoms with Crippen molar-refractivity contribution in [1.82, 2.24) is 9.88 Å². The third kappa shape index (κ3) is 7.39. The maximum atomic E-state index is 12.3. The van der Waals surface area contributed by atoms with Gasteiger partial charge in [0, 0.05) is 29.9 Å². The maximum absolute atomic E-state index is 12.3. The summed E-state index contributed by atoms with van der Waals surface area (Å²) in [5.74, 6) is 1.81. The van der Waals surface area contributed by atoms with Gasteiger partial charge in [-0.15, -0.1) is 0 Å². The lowest BCUT2D eigenvalue weighted by molar-refractivity contribution is 0.101. The first-order chi connectivity index (χ1) is 18.8. The normalized spacial score (nSPS) is 11.9. The minimum absolute atomic E-state index is 0.0324. The highest BCUT2D eigenvalue weighted by molar-refractivity contribution is 5.97. The van der Waals surface area contributed by atoms with E-state index in [1.165, 1.54) is 23.6 Å². The third-order valence-corrected chi connectivity index (χ3v) is 7.22. The number of aryl methyl sites for hydroxylation is 3. The second-order valence-corrected chi connectivity index (χ2v) is 9.85. The SMILES string of the molecule is CCc1cccc(CC)c1-c1cc(OC(C)CN(CC)CC)c(COc2cc(OC)ccc2C(C)=O)c(C)n1. The van der Waals surface area contributed by atoms with Crippen molar-refractivity contribution in [3.63, 3.8) is 0 Å². The second kappa shape index (κ2) is 14.1. The Labute approximate surface area is 234 Å². The molecule has 0 aliphatic rings. The van der Waals surface area contributed by atoms with E-state index in [9.17, 15) is 4.79 Å². The smallest absolute Gasteiger partial charge is 0.163 e. The van der Waals surface area contributed by atoms with E-state index >= 15 is 0 Å². The Morgan fingerprint density at radius 2 is 1.64 bits per heavy atom. The number of carbonyl (C=O) groups is 1. The number of Topliss-reactive ketones (excluding diaryl/α,β-unsaturated/α-hetero) is 1. The van der Waals surface area contributed by atoms with Gasteiger partial charge in [0.2, 0.25) is 0 Å². The fraction of sp³-hybridized carbons (Fsp3) is 0.455. The summed E-state index contributed by atoms with van der Waals surface area (Å²) in [6.45, 7) is 17.3. The first-order valence-corrected chi connectivity index (χ1v) is 14.1. The van der Waals surface area contributed by atoms with Gasteiger partial charge < -0.3 is 19.1 Å². The van der Waals surface area contributed by atoms with Crippen LogP contribution in [0.3, 0.4) is 0 Å². The number of likely N-dealkylation sites (N-methyl/N-ethyl adjacent to an activating group) is 1. The molecule has 0 aliphatic heterocycles. The Kier molecular flexibility index (Phi) is 10.9. The zero-order valence-electron chi connectivity index (χ0n) is 24.9. The predicted octanol–water partition coefficient (Wildman–Crippen LogP) is 7.08. The van der Waals surface area contributed by atoms with Crippen LogP contribution in [0.1, 0.15) is 74.3 Å². The Hall–Kier alpha value is -3.38. The molecule has 1 aromatic heterocycles. The van der Waals surface area contributed by atoms with E-state index in [2.05, 4.69) is 63.8 Å². The molecule has 0 saturated carbocycles. The lowest BCUT2D eigenvalue weighted by Crippen LogP contribution is -2.33. The topological polar surface area (TPSA) is 60.9 Å². The van der Waals surface area contributed by atoms with Gasteiger partial charge in [-0.1, -0.05) is 45.9 Å². The van der Waals surface area contributed by atoms with E-state index < -0.39 is 0 Å². The van der Waals surface area contributed by atoms with E-state index in [4.69, 9.17) is 19.2 Å². The van der Waals surface area contributed by atoms with Crippen LogP contribution in [-0.2, 0) is 19.4 Å². The summed E-state index contributed by atoms with van der Waals surface area (Å²) in [6, 6.07) is 13.8. The molecule has 0 bridgehead atoms. The molecule has 1 unspecified atom stereocenters. The molecular formula is C33H44N2O4. The molecule has 6 heteroatoms. The van der Waals surface area contributed by atoms with Crippen molar-refractivity contribution >= 4 is 5.78 Å². The Balaban J connectivity index is 2.08. The number of pyridine rings is 1. The van der Waals surface area contributed by atoms with Crippen LogP contribution < -0.4 is 14.2 Å². The second-order valence-electron chi connectivity index (χ2n) is 9.85. The van der Waals surface area contributed by atoms with E-state index in [1.807, 2.05) is 6.92 Å². The standard InChI is InChI=1S/C33H44N2O4/c1-9-25-14-13-15-26(10-2)33(25)30-19-32(39-22(5)20-35(11-3)12-4)29(23(6)34-30)21-38-31-18-27(37-8)16-17-28(31)24(7)36/h13-19,22H,9-12,20-21H2,1-8H3. The fourth-order valence-electron chi connectivity index (χ4n) is 4.94. The van der Waals surface area contributed by atoms with Crippen molar-refractivity contribution in [2.75, 3.05) is 26.7 Å². The molecule has 0 saturated heterocycles. The summed E-state index contributed by atoms with van der Waals surface area (Å²) < 4.78 is 18.3. The molecule has 0 radical (unpaired) electrons. The third-order valence-electron chi connectivity index (χ3n) is 7.22. The molecule has 0 spiro atoms. The first kappa shape index (κ1) is 30.2. The van der Waals surface area contributed by atoms with Crippen molar-refractivity contribution in [1.29, 1.82) is 0 Å². The molecule has 2 aromatic carbocycles. The van der Waals surface area contributed by atoms with Gasteiger partial charge in [-0.25, -0.2) is 0 Å². The van der Waals surface area contributed by atoms with Crippen LogP contribution in [-0.4, -0.2) is 48.5 Å². The fourth-order valence-corrected chi connectivity index (χ4v) is 4.94. The van der Waals surface area contributed by atoms with Crippen LogP contribution >= 0.6 is 0 Å². The molecule has 0 amide bonds. The largest absolute Gasteiger partial charge is 0.497 e. The van der Waals surface area contributed by atoms with Gasteiger partial charge in [0.05, 0.1) is 23.9 Å². The Morgan fingerprint density at radius 3 is 2.21 bits per heavy atom. The molecule has 3 aromatic rings. The van der Waals surface area contributed by atoms with Crippen LogP contribution in [0.5, 0.6) is 17.2 Å². The first-order valence-electron chi connectivity index (χ1n) is 14.1. The zero-order valence-corrected chi connectivity index (χ0v) is 24.9. The van der Waals surface area contributed by atoms with E-state index in [0.29, 0.717) is 17.1 Å². The van der Waals surface area contributed by atoms with Gasteiger partial charge in [-0.3, -0.25) is 9.78 Å². The number of benzene rings is 2. The van der Waals surface area contributed by atoms with Crippen molar-refractivity contribution < 1.29 is 19.0 Å². The molecule has 210 valence electrons. The summed E-state index contributed by atoms with van der Waals surface area (Å²) in [5.41, 5.74) is 6.88. The van der Waals surface area contributed by atoms with Crippen molar-refractivity contribution in [2.45, 2.75) is 74.0 Å². The summed E-state index contributed by atoms with van der Waals surface area (Å²) in [7, 11) is 1.60. The number of ether oxygens (including phenoxy) is 3. The summed E-state index contributed by atoms with van der Waals surface area (Å²) >= 11 is 0. The quantitative estimate of drug-likeness (QED) is 0.207.